The monoisotopic (exact) mass is 350 g/mol. The van der Waals surface area contributed by atoms with Gasteiger partial charge in [-0.05, 0) is 19.1 Å². The molecule has 0 aromatic carbocycles. The molecule has 0 amide bonds. The number of ether oxygens (including phenoxy) is 1. The van der Waals surface area contributed by atoms with Crippen molar-refractivity contribution in [3.8, 4) is 5.88 Å². The number of nitrogens with zero attached hydrogens (tertiary/aromatic N) is 4. The number of allylic oxidation sites excluding steroid dienone is 1. The molecule has 1 atom stereocenters. The molecule has 0 fully saturated rings. The molecule has 9 heteroatoms. The number of aromatic nitrogens is 5. The molecule has 1 aliphatic heterocycles. The van der Waals surface area contributed by atoms with Gasteiger partial charge in [0.2, 0.25) is 5.88 Å². The number of nitrogens with one attached hydrogen (secondary N) is 2. The Bertz CT molecular complexity index is 1040. The van der Waals surface area contributed by atoms with Crippen molar-refractivity contribution in [1.29, 1.82) is 0 Å². The number of rotatable bonds is 3. The highest BCUT2D eigenvalue weighted by atomic mass is 16.5. The van der Waals surface area contributed by atoms with Gasteiger partial charge in [0.25, 0.3) is 0 Å². The van der Waals surface area contributed by atoms with E-state index in [1.807, 2.05) is 6.07 Å². The van der Waals surface area contributed by atoms with Crippen LogP contribution < -0.4 is 21.5 Å². The molecular formula is C17H18N8O. The van der Waals surface area contributed by atoms with E-state index in [2.05, 4.69) is 30.2 Å². The van der Waals surface area contributed by atoms with Crippen molar-refractivity contribution >= 4 is 16.7 Å². The predicted molar refractivity (Wildman–Crippen MR) is 96.5 cm³/mol. The number of imidazole rings is 1. The van der Waals surface area contributed by atoms with Gasteiger partial charge in [0.15, 0.2) is 5.65 Å². The number of pyridine rings is 1. The fourth-order valence-corrected chi connectivity index (χ4v) is 2.96. The third kappa shape index (κ3) is 2.45. The Kier molecular flexibility index (Phi) is 3.58. The van der Waals surface area contributed by atoms with Gasteiger partial charge in [-0.2, -0.15) is 0 Å². The second-order valence-corrected chi connectivity index (χ2v) is 5.96. The predicted octanol–water partition coefficient (Wildman–Crippen LogP) is 0.663. The first-order chi connectivity index (χ1) is 12.5. The topological polar surface area (TPSA) is 141 Å². The number of nitrogens with two attached hydrogens (primary N) is 2. The molecule has 0 saturated carbocycles. The lowest BCUT2D eigenvalue weighted by Gasteiger charge is -2.35. The summed E-state index contributed by atoms with van der Waals surface area (Å²) in [6.07, 6.45) is 6.69. The average molecular weight is 350 g/mol. The number of hydrogen-bond acceptors (Lipinski definition) is 8. The van der Waals surface area contributed by atoms with E-state index in [0.717, 1.165) is 5.56 Å². The van der Waals surface area contributed by atoms with Crippen LogP contribution in [0.1, 0.15) is 17.1 Å². The highest BCUT2D eigenvalue weighted by molar-refractivity contribution is 5.89. The highest BCUT2D eigenvalue weighted by Gasteiger charge is 2.36. The van der Waals surface area contributed by atoms with Crippen molar-refractivity contribution in [2.45, 2.75) is 12.6 Å². The molecular weight excluding hydrogens is 332 g/mol. The Labute approximate surface area is 149 Å². The average Bonchev–Trinajstić information content (AvgIpc) is 3.11. The number of H-pyrrole nitrogens is 1. The third-order valence-corrected chi connectivity index (χ3v) is 4.26. The maximum absolute atomic E-state index is 6.77. The molecule has 0 aliphatic carbocycles. The van der Waals surface area contributed by atoms with Crippen LogP contribution in [0.25, 0.3) is 16.7 Å². The maximum Gasteiger partial charge on any atom is 0.212 e. The Morgan fingerprint density at radius 3 is 2.77 bits per heavy atom. The number of fused-ring (bicyclic) bond motifs is 1. The first kappa shape index (κ1) is 16.0. The molecule has 132 valence electrons. The summed E-state index contributed by atoms with van der Waals surface area (Å²) in [6.45, 7) is 1.81. The normalized spacial score (nSPS) is 19.7. The molecule has 6 N–H and O–H groups in total. The van der Waals surface area contributed by atoms with Gasteiger partial charge in [-0.25, -0.2) is 19.9 Å². The molecule has 0 bridgehead atoms. The smallest absolute Gasteiger partial charge is 0.212 e. The summed E-state index contributed by atoms with van der Waals surface area (Å²) in [5, 5.41) is 3.17. The van der Waals surface area contributed by atoms with Crippen LogP contribution in [-0.2, 0) is 5.66 Å². The van der Waals surface area contributed by atoms with Crippen LogP contribution in [-0.4, -0.2) is 32.0 Å². The molecule has 4 heterocycles. The Hall–Kier alpha value is -3.46. The minimum atomic E-state index is -1.08. The van der Waals surface area contributed by atoms with E-state index in [0.29, 0.717) is 39.8 Å². The van der Waals surface area contributed by atoms with Crippen LogP contribution in [0.15, 0.2) is 42.6 Å². The van der Waals surface area contributed by atoms with Gasteiger partial charge in [-0.3, -0.25) is 0 Å². The standard InChI is InChI=1S/C17H18N8O/c1-9-24-14(15-16(25-9)22-8-21-15)12-5-11(18)7-23-17(12,19)10-3-4-13(26-2)20-6-10/h3-8,23H,18-19H2,1-2H3,(H,21,22,24,25). The van der Waals surface area contributed by atoms with Crippen molar-refractivity contribution in [1.82, 2.24) is 30.2 Å². The lowest BCUT2D eigenvalue weighted by Crippen LogP contribution is -2.51. The molecule has 0 spiro atoms. The van der Waals surface area contributed by atoms with Crippen LogP contribution in [0, 0.1) is 6.92 Å². The van der Waals surface area contributed by atoms with Crippen molar-refractivity contribution in [2.24, 2.45) is 11.5 Å². The summed E-state index contributed by atoms with van der Waals surface area (Å²) in [6, 6.07) is 3.60. The zero-order chi connectivity index (χ0) is 18.3. The van der Waals surface area contributed by atoms with Gasteiger partial charge in [0.05, 0.1) is 19.1 Å². The quantitative estimate of drug-likeness (QED) is 0.540. The summed E-state index contributed by atoms with van der Waals surface area (Å²) in [5.41, 5.74) is 15.5. The van der Waals surface area contributed by atoms with Crippen LogP contribution in [0.5, 0.6) is 5.88 Å². The summed E-state index contributed by atoms with van der Waals surface area (Å²) in [7, 11) is 1.56. The minimum Gasteiger partial charge on any atom is -0.481 e. The fraction of sp³-hybridized carbons (Fsp3) is 0.176. The van der Waals surface area contributed by atoms with Gasteiger partial charge < -0.3 is 26.5 Å². The molecule has 1 unspecified atom stereocenters. The van der Waals surface area contributed by atoms with Gasteiger partial charge in [-0.1, -0.05) is 0 Å². The van der Waals surface area contributed by atoms with Crippen molar-refractivity contribution in [3.05, 3.63) is 59.7 Å². The number of aromatic amines is 1. The molecule has 3 aromatic heterocycles. The van der Waals surface area contributed by atoms with Gasteiger partial charge in [0.1, 0.15) is 17.0 Å². The Morgan fingerprint density at radius 1 is 1.19 bits per heavy atom. The van der Waals surface area contributed by atoms with E-state index in [9.17, 15) is 0 Å². The summed E-state index contributed by atoms with van der Waals surface area (Å²) >= 11 is 0. The van der Waals surface area contributed by atoms with Gasteiger partial charge in [0, 0.05) is 35.3 Å². The third-order valence-electron chi connectivity index (χ3n) is 4.26. The number of aryl methyl sites for hydroxylation is 1. The van der Waals surface area contributed by atoms with Gasteiger partial charge in [-0.15, -0.1) is 0 Å². The molecule has 0 saturated heterocycles. The van der Waals surface area contributed by atoms with Crippen LogP contribution in [0.3, 0.4) is 0 Å². The van der Waals surface area contributed by atoms with E-state index in [-0.39, 0.29) is 0 Å². The Morgan fingerprint density at radius 2 is 2.04 bits per heavy atom. The lowest BCUT2D eigenvalue weighted by molar-refractivity contribution is 0.396. The SMILES string of the molecule is COc1ccc(C2(N)NC=C(N)C=C2c2nc(C)nc3nc[nH]c23)cn1. The molecule has 3 aromatic rings. The second kappa shape index (κ2) is 5.81. The highest BCUT2D eigenvalue weighted by Crippen LogP contribution is 2.36. The van der Waals surface area contributed by atoms with Crippen molar-refractivity contribution < 1.29 is 4.74 Å². The number of hydrogen-bond donors (Lipinski definition) is 4. The fourth-order valence-electron chi connectivity index (χ4n) is 2.96. The van der Waals surface area contributed by atoms with E-state index in [4.69, 9.17) is 16.2 Å². The maximum atomic E-state index is 6.77. The van der Waals surface area contributed by atoms with Gasteiger partial charge >= 0.3 is 0 Å². The van der Waals surface area contributed by atoms with Crippen LogP contribution in [0.4, 0.5) is 0 Å². The minimum absolute atomic E-state index is 0.502. The van der Waals surface area contributed by atoms with E-state index in [1.165, 1.54) is 0 Å². The summed E-state index contributed by atoms with van der Waals surface area (Å²) < 4.78 is 5.13. The van der Waals surface area contributed by atoms with Crippen LogP contribution >= 0.6 is 0 Å². The Balaban J connectivity index is 1.92. The van der Waals surface area contributed by atoms with E-state index in [1.54, 1.807) is 44.9 Å². The molecule has 9 nitrogen and oxygen atoms in total. The first-order valence-electron chi connectivity index (χ1n) is 7.94. The van der Waals surface area contributed by atoms with Crippen molar-refractivity contribution in [3.63, 3.8) is 0 Å². The summed E-state index contributed by atoms with van der Waals surface area (Å²) in [4.78, 5) is 20.5. The number of methoxy groups -OCH3 is 1. The number of dihydropyridines is 1. The van der Waals surface area contributed by atoms with E-state index >= 15 is 0 Å². The van der Waals surface area contributed by atoms with E-state index < -0.39 is 5.66 Å². The van der Waals surface area contributed by atoms with Crippen LogP contribution in [0.2, 0.25) is 0 Å². The molecule has 26 heavy (non-hydrogen) atoms. The zero-order valence-electron chi connectivity index (χ0n) is 14.3. The lowest BCUT2D eigenvalue weighted by atomic mass is 9.87. The largest absolute Gasteiger partial charge is 0.481 e. The molecule has 0 radical (unpaired) electrons. The molecule has 1 aliphatic rings. The first-order valence-corrected chi connectivity index (χ1v) is 7.94. The molecule has 4 rings (SSSR count). The second-order valence-electron chi connectivity index (χ2n) is 5.96. The summed E-state index contributed by atoms with van der Waals surface area (Å²) in [5.74, 6) is 1.09. The zero-order valence-corrected chi connectivity index (χ0v) is 14.3. The van der Waals surface area contributed by atoms with Crippen molar-refractivity contribution in [2.75, 3.05) is 7.11 Å².